The molecule has 0 bridgehead atoms. The highest BCUT2D eigenvalue weighted by Gasteiger charge is 2.18. The maximum absolute atomic E-state index is 12.1. The van der Waals surface area contributed by atoms with E-state index in [0.717, 1.165) is 4.88 Å². The van der Waals surface area contributed by atoms with Crippen LogP contribution in [0.1, 0.15) is 27.7 Å². The molecule has 2 aromatic rings. The van der Waals surface area contributed by atoms with Gasteiger partial charge in [0.25, 0.3) is 5.91 Å². The number of rotatable bonds is 9. The Bertz CT molecular complexity index is 762. The van der Waals surface area contributed by atoms with Crippen LogP contribution in [0.25, 0.3) is 0 Å². The van der Waals surface area contributed by atoms with Gasteiger partial charge in [-0.05, 0) is 35.7 Å². The number of benzene rings is 1. The first-order valence-electron chi connectivity index (χ1n) is 8.28. The van der Waals surface area contributed by atoms with Gasteiger partial charge in [-0.25, -0.2) is 4.79 Å². The van der Waals surface area contributed by atoms with Crippen molar-refractivity contribution in [2.45, 2.75) is 12.5 Å². The Balaban J connectivity index is 1.74. The fraction of sp³-hybridized carbons (Fsp3) is 0.278. The van der Waals surface area contributed by atoms with Crippen LogP contribution >= 0.6 is 11.3 Å². The van der Waals surface area contributed by atoms with Crippen LogP contribution in [0, 0.1) is 0 Å². The number of urea groups is 1. The molecule has 1 atom stereocenters. The van der Waals surface area contributed by atoms with Crippen molar-refractivity contribution < 1.29 is 19.1 Å². The Morgan fingerprint density at radius 2 is 1.81 bits per heavy atom. The maximum Gasteiger partial charge on any atom is 0.312 e. The number of nitrogens with one attached hydrogen (secondary N) is 3. The smallest absolute Gasteiger partial charge is 0.312 e. The van der Waals surface area contributed by atoms with Crippen molar-refractivity contribution in [1.29, 1.82) is 0 Å². The van der Waals surface area contributed by atoms with Gasteiger partial charge in [-0.1, -0.05) is 6.07 Å². The van der Waals surface area contributed by atoms with Crippen molar-refractivity contribution >= 4 is 29.2 Å². The molecule has 0 aliphatic heterocycles. The minimum absolute atomic E-state index is 0.0654. The summed E-state index contributed by atoms with van der Waals surface area (Å²) >= 11 is 1.43. The fourth-order valence-corrected chi connectivity index (χ4v) is 3.14. The third kappa shape index (κ3) is 6.63. The number of carbonyl (C=O) groups excluding carboxylic acids is 3. The molecule has 8 nitrogen and oxygen atoms in total. The molecule has 1 aromatic carbocycles. The third-order valence-corrected chi connectivity index (χ3v) is 4.66. The SMILES string of the molecule is COc1ccc(C(=O)NCCNC(=O)CC(NC(N)=O)c2cccs2)cc1. The third-order valence-electron chi connectivity index (χ3n) is 3.68. The molecular formula is C18H22N4O4S. The van der Waals surface area contributed by atoms with E-state index in [4.69, 9.17) is 10.5 Å². The fourth-order valence-electron chi connectivity index (χ4n) is 2.36. The second-order valence-corrected chi connectivity index (χ2v) is 6.59. The van der Waals surface area contributed by atoms with Crippen LogP contribution in [0.5, 0.6) is 5.75 Å². The van der Waals surface area contributed by atoms with E-state index in [1.165, 1.54) is 11.3 Å². The lowest BCUT2D eigenvalue weighted by atomic mass is 10.1. The summed E-state index contributed by atoms with van der Waals surface area (Å²) in [5.41, 5.74) is 5.68. The molecule has 0 radical (unpaired) electrons. The van der Waals surface area contributed by atoms with Crippen LogP contribution in [0.2, 0.25) is 0 Å². The number of nitrogens with two attached hydrogens (primary N) is 1. The van der Waals surface area contributed by atoms with Gasteiger partial charge in [-0.3, -0.25) is 9.59 Å². The molecule has 1 heterocycles. The van der Waals surface area contributed by atoms with Gasteiger partial charge in [0.15, 0.2) is 0 Å². The molecule has 0 spiro atoms. The number of primary amides is 1. The topological polar surface area (TPSA) is 123 Å². The minimum Gasteiger partial charge on any atom is -0.497 e. The predicted octanol–water partition coefficient (Wildman–Crippen LogP) is 1.40. The van der Waals surface area contributed by atoms with Gasteiger partial charge in [0, 0.05) is 23.5 Å². The van der Waals surface area contributed by atoms with Crippen LogP contribution in [0.3, 0.4) is 0 Å². The van der Waals surface area contributed by atoms with E-state index in [2.05, 4.69) is 16.0 Å². The van der Waals surface area contributed by atoms with Crippen molar-refractivity contribution in [3.05, 3.63) is 52.2 Å². The number of methoxy groups -OCH3 is 1. The molecule has 0 saturated heterocycles. The average Bonchev–Trinajstić information content (AvgIpc) is 3.19. The summed E-state index contributed by atoms with van der Waals surface area (Å²) in [6.07, 6.45) is 0.0654. The molecule has 4 amide bonds. The second-order valence-electron chi connectivity index (χ2n) is 5.62. The summed E-state index contributed by atoms with van der Waals surface area (Å²) in [6.45, 7) is 0.554. The quantitative estimate of drug-likeness (QED) is 0.483. The molecule has 5 N–H and O–H groups in total. The van der Waals surface area contributed by atoms with Gasteiger partial charge < -0.3 is 26.4 Å². The summed E-state index contributed by atoms with van der Waals surface area (Å²) in [5, 5.41) is 9.85. The summed E-state index contributed by atoms with van der Waals surface area (Å²) < 4.78 is 5.04. The van der Waals surface area contributed by atoms with E-state index in [0.29, 0.717) is 11.3 Å². The van der Waals surface area contributed by atoms with Gasteiger partial charge in [0.1, 0.15) is 5.75 Å². The van der Waals surface area contributed by atoms with Gasteiger partial charge in [0.05, 0.1) is 19.6 Å². The molecule has 27 heavy (non-hydrogen) atoms. The van der Waals surface area contributed by atoms with Crippen LogP contribution in [0.15, 0.2) is 41.8 Å². The zero-order chi connectivity index (χ0) is 19.6. The molecular weight excluding hydrogens is 368 g/mol. The van der Waals surface area contributed by atoms with Crippen molar-refractivity contribution in [2.75, 3.05) is 20.2 Å². The normalized spacial score (nSPS) is 11.3. The van der Waals surface area contributed by atoms with Crippen LogP contribution in [-0.4, -0.2) is 38.0 Å². The van der Waals surface area contributed by atoms with E-state index in [9.17, 15) is 14.4 Å². The molecule has 1 unspecified atom stereocenters. The molecule has 0 aliphatic rings. The molecule has 1 aromatic heterocycles. The van der Waals surface area contributed by atoms with E-state index >= 15 is 0 Å². The second kappa shape index (κ2) is 10.2. The highest BCUT2D eigenvalue weighted by molar-refractivity contribution is 7.10. The first-order chi connectivity index (χ1) is 13.0. The molecule has 0 fully saturated rings. The Labute approximate surface area is 161 Å². The van der Waals surface area contributed by atoms with Crippen LogP contribution < -0.4 is 26.4 Å². The van der Waals surface area contributed by atoms with Crippen LogP contribution in [-0.2, 0) is 4.79 Å². The first-order valence-corrected chi connectivity index (χ1v) is 9.16. The van der Waals surface area contributed by atoms with Gasteiger partial charge >= 0.3 is 6.03 Å². The van der Waals surface area contributed by atoms with Crippen molar-refractivity contribution in [3.8, 4) is 5.75 Å². The van der Waals surface area contributed by atoms with E-state index in [1.807, 2.05) is 17.5 Å². The van der Waals surface area contributed by atoms with Gasteiger partial charge in [-0.2, -0.15) is 0 Å². The monoisotopic (exact) mass is 390 g/mol. The van der Waals surface area contributed by atoms with Gasteiger partial charge in [-0.15, -0.1) is 11.3 Å². The number of amides is 4. The van der Waals surface area contributed by atoms with Crippen molar-refractivity contribution in [3.63, 3.8) is 0 Å². The number of hydrogen-bond donors (Lipinski definition) is 4. The largest absolute Gasteiger partial charge is 0.497 e. The first kappa shape index (κ1) is 20.2. The van der Waals surface area contributed by atoms with Crippen molar-refractivity contribution in [2.24, 2.45) is 5.73 Å². The number of ether oxygens (including phenoxy) is 1. The molecule has 0 aliphatic carbocycles. The Kier molecular flexibility index (Phi) is 7.63. The highest BCUT2D eigenvalue weighted by Crippen LogP contribution is 2.21. The molecule has 2 rings (SSSR count). The Hall–Kier alpha value is -3.07. The Morgan fingerprint density at radius 3 is 2.41 bits per heavy atom. The number of hydrogen-bond acceptors (Lipinski definition) is 5. The lowest BCUT2D eigenvalue weighted by molar-refractivity contribution is -0.121. The minimum atomic E-state index is -0.687. The van der Waals surface area contributed by atoms with Crippen LogP contribution in [0.4, 0.5) is 4.79 Å². The number of carbonyl (C=O) groups is 3. The highest BCUT2D eigenvalue weighted by atomic mass is 32.1. The van der Waals surface area contributed by atoms with Gasteiger partial charge in [0.2, 0.25) is 5.91 Å². The molecule has 9 heteroatoms. The predicted molar refractivity (Wildman–Crippen MR) is 103 cm³/mol. The lowest BCUT2D eigenvalue weighted by Crippen LogP contribution is -2.38. The van der Waals surface area contributed by atoms with E-state index in [-0.39, 0.29) is 31.3 Å². The lowest BCUT2D eigenvalue weighted by Gasteiger charge is -2.16. The number of thiophene rings is 1. The van der Waals surface area contributed by atoms with E-state index < -0.39 is 12.1 Å². The zero-order valence-electron chi connectivity index (χ0n) is 14.9. The molecule has 144 valence electrons. The summed E-state index contributed by atoms with van der Waals surface area (Å²) in [7, 11) is 1.56. The van der Waals surface area contributed by atoms with E-state index in [1.54, 1.807) is 31.4 Å². The zero-order valence-corrected chi connectivity index (χ0v) is 15.7. The summed E-state index contributed by atoms with van der Waals surface area (Å²) in [5.74, 6) is 0.184. The Morgan fingerprint density at radius 1 is 1.11 bits per heavy atom. The summed E-state index contributed by atoms with van der Waals surface area (Å²) in [4.78, 5) is 36.1. The maximum atomic E-state index is 12.1. The standard InChI is InChI=1S/C18H22N4O4S/c1-26-13-6-4-12(5-7-13)17(24)21-9-8-20-16(23)11-14(22-18(19)25)15-3-2-10-27-15/h2-7,10,14H,8-9,11H2,1H3,(H,20,23)(H,21,24)(H3,19,22,25). The summed E-state index contributed by atoms with van der Waals surface area (Å²) in [6, 6.07) is 9.22. The molecule has 0 saturated carbocycles. The van der Waals surface area contributed by atoms with Crippen molar-refractivity contribution in [1.82, 2.24) is 16.0 Å². The average molecular weight is 390 g/mol.